The monoisotopic (exact) mass is 422 g/mol. The lowest BCUT2D eigenvalue weighted by atomic mass is 10.1. The summed E-state index contributed by atoms with van der Waals surface area (Å²) in [7, 11) is 0. The zero-order chi connectivity index (χ0) is 21.5. The third kappa shape index (κ3) is 5.30. The van der Waals surface area contributed by atoms with E-state index >= 15 is 0 Å². The van der Waals surface area contributed by atoms with Crippen molar-refractivity contribution in [3.63, 3.8) is 0 Å². The lowest BCUT2D eigenvalue weighted by Gasteiger charge is -2.21. The quantitative estimate of drug-likeness (QED) is 0.321. The lowest BCUT2D eigenvalue weighted by molar-refractivity contribution is -0.118. The van der Waals surface area contributed by atoms with Crippen LogP contribution in [0, 0.1) is 6.92 Å². The van der Waals surface area contributed by atoms with E-state index < -0.39 is 0 Å². The number of para-hydroxylation sites is 1. The van der Waals surface area contributed by atoms with Gasteiger partial charge in [-0.25, -0.2) is 10.4 Å². The Hall–Kier alpha value is -3.06. The van der Waals surface area contributed by atoms with Crippen LogP contribution in [0.15, 0.2) is 58.7 Å². The first kappa shape index (κ1) is 21.6. The number of nitrogens with zero attached hydrogens (tertiary/aromatic N) is 3. The molecule has 1 heterocycles. The molecule has 156 valence electrons. The number of anilines is 1. The SMILES string of the molecule is CCN(CC)c1ccc(/C=N\NC(=O)CSc2cc(C)c3ccccc3n2)c(O)c1. The molecule has 0 atom stereocenters. The van der Waals surface area contributed by atoms with Crippen LogP contribution < -0.4 is 10.3 Å². The van der Waals surface area contributed by atoms with Crippen molar-refractivity contribution >= 4 is 40.5 Å². The molecule has 0 radical (unpaired) electrons. The minimum atomic E-state index is -0.233. The number of hydrogen-bond acceptors (Lipinski definition) is 6. The highest BCUT2D eigenvalue weighted by molar-refractivity contribution is 7.99. The molecule has 0 aliphatic heterocycles. The number of carbonyl (C=O) groups is 1. The summed E-state index contributed by atoms with van der Waals surface area (Å²) >= 11 is 1.37. The summed E-state index contributed by atoms with van der Waals surface area (Å²) in [5.74, 6) is 0.0976. The van der Waals surface area contributed by atoms with Crippen molar-refractivity contribution in [1.29, 1.82) is 0 Å². The molecule has 0 fully saturated rings. The topological polar surface area (TPSA) is 77.8 Å². The van der Waals surface area contributed by atoms with Gasteiger partial charge in [-0.05, 0) is 50.6 Å². The molecule has 0 aliphatic rings. The number of pyridine rings is 1. The average Bonchev–Trinajstić information content (AvgIpc) is 2.74. The molecule has 0 saturated heterocycles. The predicted octanol–water partition coefficient (Wildman–Crippen LogP) is 4.34. The van der Waals surface area contributed by atoms with Gasteiger partial charge in [0.15, 0.2) is 0 Å². The van der Waals surface area contributed by atoms with E-state index in [9.17, 15) is 9.90 Å². The van der Waals surface area contributed by atoms with Crippen molar-refractivity contribution in [2.75, 3.05) is 23.7 Å². The van der Waals surface area contributed by atoms with Gasteiger partial charge in [-0.2, -0.15) is 5.10 Å². The van der Waals surface area contributed by atoms with Crippen LogP contribution in [0.4, 0.5) is 5.69 Å². The number of thioether (sulfide) groups is 1. The zero-order valence-electron chi connectivity index (χ0n) is 17.4. The van der Waals surface area contributed by atoms with E-state index in [1.165, 1.54) is 18.0 Å². The number of nitrogens with one attached hydrogen (secondary N) is 1. The number of aromatic hydroxyl groups is 1. The fraction of sp³-hybridized carbons (Fsp3) is 0.261. The summed E-state index contributed by atoms with van der Waals surface area (Å²) in [6.45, 7) is 7.90. The molecule has 3 aromatic rings. The fourth-order valence-electron chi connectivity index (χ4n) is 3.16. The van der Waals surface area contributed by atoms with E-state index in [1.54, 1.807) is 12.1 Å². The number of amides is 1. The molecular weight excluding hydrogens is 396 g/mol. The number of hydrogen-bond donors (Lipinski definition) is 2. The summed E-state index contributed by atoms with van der Waals surface area (Å²) in [4.78, 5) is 18.9. The molecule has 1 aromatic heterocycles. The molecule has 6 nitrogen and oxygen atoms in total. The number of phenolic OH excluding ortho intramolecular Hbond substituents is 1. The van der Waals surface area contributed by atoms with Gasteiger partial charge in [0.1, 0.15) is 5.75 Å². The minimum absolute atomic E-state index is 0.127. The normalized spacial score (nSPS) is 11.2. The maximum Gasteiger partial charge on any atom is 0.250 e. The highest BCUT2D eigenvalue weighted by Crippen LogP contribution is 2.24. The number of rotatable bonds is 8. The maximum absolute atomic E-state index is 12.1. The Labute approximate surface area is 181 Å². The summed E-state index contributed by atoms with van der Waals surface area (Å²) in [5.41, 5.74) is 6.05. The molecule has 0 unspecified atom stereocenters. The van der Waals surface area contributed by atoms with E-state index in [0.29, 0.717) is 5.56 Å². The maximum atomic E-state index is 12.1. The standard InChI is InChI=1S/C23H26N4O2S/c1-4-27(5-2)18-11-10-17(21(28)13-18)14-24-26-22(29)15-30-23-12-16(3)19-8-6-7-9-20(19)25-23/h6-14,28H,4-5,15H2,1-3H3,(H,26,29)/b24-14-. The summed E-state index contributed by atoms with van der Waals surface area (Å²) in [6.07, 6.45) is 1.45. The second-order valence-corrected chi connectivity index (χ2v) is 7.79. The van der Waals surface area contributed by atoms with Crippen LogP contribution in [0.2, 0.25) is 0 Å². The van der Waals surface area contributed by atoms with Crippen LogP contribution in [-0.2, 0) is 4.79 Å². The third-order valence-corrected chi connectivity index (χ3v) is 5.70. The highest BCUT2D eigenvalue weighted by atomic mass is 32.2. The number of aromatic nitrogens is 1. The minimum Gasteiger partial charge on any atom is -0.507 e. The molecule has 0 saturated carbocycles. The van der Waals surface area contributed by atoms with Gasteiger partial charge < -0.3 is 10.0 Å². The highest BCUT2D eigenvalue weighted by Gasteiger charge is 2.08. The Morgan fingerprint density at radius 2 is 1.97 bits per heavy atom. The van der Waals surface area contributed by atoms with Crippen LogP contribution in [0.5, 0.6) is 5.75 Å². The van der Waals surface area contributed by atoms with Gasteiger partial charge in [0.25, 0.3) is 0 Å². The molecule has 1 amide bonds. The van der Waals surface area contributed by atoms with Crippen LogP contribution in [-0.4, -0.2) is 41.1 Å². The second-order valence-electron chi connectivity index (χ2n) is 6.79. The fourth-order valence-corrected chi connectivity index (χ4v) is 3.93. The van der Waals surface area contributed by atoms with Crippen LogP contribution in [0.3, 0.4) is 0 Å². The van der Waals surface area contributed by atoms with Gasteiger partial charge >= 0.3 is 0 Å². The number of benzene rings is 2. The number of carbonyl (C=O) groups excluding carboxylic acids is 1. The molecular formula is C23H26N4O2S. The van der Waals surface area contributed by atoms with E-state index in [0.717, 1.165) is 40.3 Å². The number of aryl methyl sites for hydroxylation is 1. The lowest BCUT2D eigenvalue weighted by Crippen LogP contribution is -2.21. The zero-order valence-corrected chi connectivity index (χ0v) is 18.2. The van der Waals surface area contributed by atoms with Crippen LogP contribution in [0.25, 0.3) is 10.9 Å². The molecule has 0 bridgehead atoms. The van der Waals surface area contributed by atoms with Gasteiger partial charge in [-0.1, -0.05) is 30.0 Å². The number of phenols is 1. The Bertz CT molecular complexity index is 1060. The van der Waals surface area contributed by atoms with Gasteiger partial charge in [0.05, 0.1) is 22.5 Å². The van der Waals surface area contributed by atoms with E-state index in [2.05, 4.69) is 34.3 Å². The summed E-state index contributed by atoms with van der Waals surface area (Å²) in [6, 6.07) is 15.4. The molecule has 2 aromatic carbocycles. The van der Waals surface area contributed by atoms with Crippen molar-refractivity contribution in [2.24, 2.45) is 5.10 Å². The van der Waals surface area contributed by atoms with Gasteiger partial charge in [0, 0.05) is 35.8 Å². The predicted molar refractivity (Wildman–Crippen MR) is 125 cm³/mol. The first-order valence-corrected chi connectivity index (χ1v) is 10.9. The van der Waals surface area contributed by atoms with E-state index in [-0.39, 0.29) is 17.4 Å². The van der Waals surface area contributed by atoms with Crippen LogP contribution >= 0.6 is 11.8 Å². The van der Waals surface area contributed by atoms with Crippen molar-refractivity contribution in [1.82, 2.24) is 10.4 Å². The Morgan fingerprint density at radius 3 is 2.70 bits per heavy atom. The summed E-state index contributed by atoms with van der Waals surface area (Å²) in [5, 5.41) is 16.1. The van der Waals surface area contributed by atoms with Crippen molar-refractivity contribution in [2.45, 2.75) is 25.8 Å². The van der Waals surface area contributed by atoms with Gasteiger partial charge in [0.2, 0.25) is 5.91 Å². The molecule has 0 spiro atoms. The first-order valence-electron chi connectivity index (χ1n) is 9.90. The smallest absolute Gasteiger partial charge is 0.250 e. The summed E-state index contributed by atoms with van der Waals surface area (Å²) < 4.78 is 0. The van der Waals surface area contributed by atoms with E-state index in [4.69, 9.17) is 0 Å². The Morgan fingerprint density at radius 1 is 1.20 bits per heavy atom. The van der Waals surface area contributed by atoms with Crippen LogP contribution in [0.1, 0.15) is 25.0 Å². The molecule has 2 N–H and O–H groups in total. The van der Waals surface area contributed by atoms with Crippen molar-refractivity contribution in [3.05, 3.63) is 59.7 Å². The number of fused-ring (bicyclic) bond motifs is 1. The molecule has 30 heavy (non-hydrogen) atoms. The first-order chi connectivity index (χ1) is 14.5. The van der Waals surface area contributed by atoms with Crippen molar-refractivity contribution in [3.8, 4) is 5.75 Å². The molecule has 3 rings (SSSR count). The molecule has 0 aliphatic carbocycles. The third-order valence-electron chi connectivity index (χ3n) is 4.79. The number of hydrazone groups is 1. The second kappa shape index (κ2) is 10.1. The largest absolute Gasteiger partial charge is 0.507 e. The van der Waals surface area contributed by atoms with Gasteiger partial charge in [-0.15, -0.1) is 0 Å². The molecule has 7 heteroatoms. The Balaban J connectivity index is 1.56. The average molecular weight is 423 g/mol. The Kier molecular flexibility index (Phi) is 7.30. The van der Waals surface area contributed by atoms with E-state index in [1.807, 2.05) is 43.3 Å². The van der Waals surface area contributed by atoms with Gasteiger partial charge in [-0.3, -0.25) is 4.79 Å². The van der Waals surface area contributed by atoms with Crippen molar-refractivity contribution < 1.29 is 9.90 Å².